The fourth-order valence-corrected chi connectivity index (χ4v) is 3.93. The third-order valence-corrected chi connectivity index (χ3v) is 4.96. The molecule has 0 bridgehead atoms. The SMILES string of the molecule is CC(C)N(C(C)C)C(CCc1cc(Br)ccc1O)c1ccccc1. The Hall–Kier alpha value is -1.32. The van der Waals surface area contributed by atoms with Crippen molar-refractivity contribution in [2.45, 2.75) is 58.7 Å². The third kappa shape index (κ3) is 4.84. The van der Waals surface area contributed by atoms with Crippen LogP contribution in [0.25, 0.3) is 0 Å². The van der Waals surface area contributed by atoms with Crippen LogP contribution in [0.1, 0.15) is 51.3 Å². The number of aryl methyl sites for hydroxylation is 1. The second-order valence-electron chi connectivity index (χ2n) is 6.87. The summed E-state index contributed by atoms with van der Waals surface area (Å²) >= 11 is 3.50. The molecule has 1 atom stereocenters. The van der Waals surface area contributed by atoms with Crippen LogP contribution in [0.4, 0.5) is 0 Å². The lowest BCUT2D eigenvalue weighted by Crippen LogP contribution is -2.40. The van der Waals surface area contributed by atoms with Crippen molar-refractivity contribution in [2.24, 2.45) is 0 Å². The van der Waals surface area contributed by atoms with Gasteiger partial charge in [-0.3, -0.25) is 4.90 Å². The molecule has 0 amide bonds. The molecule has 130 valence electrons. The molecule has 1 unspecified atom stereocenters. The summed E-state index contributed by atoms with van der Waals surface area (Å²) in [7, 11) is 0. The molecule has 0 saturated heterocycles. The molecule has 0 aromatic heterocycles. The highest BCUT2D eigenvalue weighted by atomic mass is 79.9. The quantitative estimate of drug-likeness (QED) is 0.632. The van der Waals surface area contributed by atoms with Gasteiger partial charge in [0, 0.05) is 22.6 Å². The number of phenols is 1. The predicted molar refractivity (Wildman–Crippen MR) is 105 cm³/mol. The van der Waals surface area contributed by atoms with E-state index in [2.05, 4.69) is 78.9 Å². The van der Waals surface area contributed by atoms with E-state index in [1.165, 1.54) is 5.56 Å². The second-order valence-corrected chi connectivity index (χ2v) is 7.79. The predicted octanol–water partition coefficient (Wildman–Crippen LogP) is 5.95. The van der Waals surface area contributed by atoms with Crippen LogP contribution in [-0.4, -0.2) is 22.1 Å². The molecule has 2 nitrogen and oxygen atoms in total. The van der Waals surface area contributed by atoms with Crippen LogP contribution in [0.5, 0.6) is 5.75 Å². The van der Waals surface area contributed by atoms with Gasteiger partial charge in [0.2, 0.25) is 0 Å². The first-order valence-corrected chi connectivity index (χ1v) is 9.49. The fourth-order valence-electron chi connectivity index (χ4n) is 3.53. The smallest absolute Gasteiger partial charge is 0.118 e. The molecule has 0 aliphatic carbocycles. The van der Waals surface area contributed by atoms with Crippen LogP contribution in [0, 0.1) is 0 Å². The first kappa shape index (κ1) is 19.0. The van der Waals surface area contributed by atoms with Crippen LogP contribution in [0.3, 0.4) is 0 Å². The van der Waals surface area contributed by atoms with E-state index in [4.69, 9.17) is 0 Å². The summed E-state index contributed by atoms with van der Waals surface area (Å²) in [6, 6.07) is 17.6. The van der Waals surface area contributed by atoms with Crippen LogP contribution in [0.15, 0.2) is 53.0 Å². The Morgan fingerprint density at radius 3 is 2.17 bits per heavy atom. The Balaban J connectivity index is 2.27. The largest absolute Gasteiger partial charge is 0.508 e. The number of nitrogens with zero attached hydrogens (tertiary/aromatic N) is 1. The number of hydrogen-bond donors (Lipinski definition) is 1. The van der Waals surface area contributed by atoms with Gasteiger partial charge in [-0.2, -0.15) is 0 Å². The summed E-state index contributed by atoms with van der Waals surface area (Å²) in [5.74, 6) is 0.380. The zero-order valence-electron chi connectivity index (χ0n) is 15.0. The van der Waals surface area contributed by atoms with Crippen molar-refractivity contribution >= 4 is 15.9 Å². The Morgan fingerprint density at radius 2 is 1.58 bits per heavy atom. The molecule has 24 heavy (non-hydrogen) atoms. The lowest BCUT2D eigenvalue weighted by atomic mass is 9.95. The third-order valence-electron chi connectivity index (χ3n) is 4.47. The van der Waals surface area contributed by atoms with Crippen molar-refractivity contribution in [3.63, 3.8) is 0 Å². The second kappa shape index (κ2) is 8.68. The van der Waals surface area contributed by atoms with Gasteiger partial charge in [0.25, 0.3) is 0 Å². The van der Waals surface area contributed by atoms with Crippen LogP contribution in [0.2, 0.25) is 0 Å². The van der Waals surface area contributed by atoms with E-state index in [1.54, 1.807) is 6.07 Å². The molecule has 3 heteroatoms. The molecule has 0 aliphatic heterocycles. The fraction of sp³-hybridized carbons (Fsp3) is 0.429. The number of benzene rings is 2. The van der Waals surface area contributed by atoms with Gasteiger partial charge in [-0.1, -0.05) is 46.3 Å². The molecule has 0 aliphatic rings. The van der Waals surface area contributed by atoms with Gasteiger partial charge >= 0.3 is 0 Å². The summed E-state index contributed by atoms with van der Waals surface area (Å²) in [4.78, 5) is 2.56. The van der Waals surface area contributed by atoms with Gasteiger partial charge in [-0.25, -0.2) is 0 Å². The van der Waals surface area contributed by atoms with Crippen LogP contribution >= 0.6 is 15.9 Å². The summed E-state index contributed by atoms with van der Waals surface area (Å²) < 4.78 is 1.01. The lowest BCUT2D eigenvalue weighted by molar-refractivity contribution is 0.106. The van der Waals surface area contributed by atoms with Gasteiger partial charge < -0.3 is 5.11 Å². The molecule has 0 fully saturated rings. The molecule has 0 saturated carbocycles. The van der Waals surface area contributed by atoms with E-state index in [-0.39, 0.29) is 0 Å². The first-order valence-electron chi connectivity index (χ1n) is 8.70. The van der Waals surface area contributed by atoms with Crippen molar-refractivity contribution in [1.82, 2.24) is 4.90 Å². The zero-order valence-corrected chi connectivity index (χ0v) is 16.6. The topological polar surface area (TPSA) is 23.5 Å². The molecule has 0 heterocycles. The maximum absolute atomic E-state index is 10.1. The van der Waals surface area contributed by atoms with Gasteiger partial charge in [0.15, 0.2) is 0 Å². The van der Waals surface area contributed by atoms with E-state index in [0.717, 1.165) is 22.9 Å². The highest BCUT2D eigenvalue weighted by Gasteiger charge is 2.25. The summed E-state index contributed by atoms with van der Waals surface area (Å²) in [5, 5.41) is 10.1. The van der Waals surface area contributed by atoms with Crippen molar-refractivity contribution in [3.05, 3.63) is 64.1 Å². The minimum atomic E-state index is 0.338. The summed E-state index contributed by atoms with van der Waals surface area (Å²) in [5.41, 5.74) is 2.34. The zero-order chi connectivity index (χ0) is 17.7. The summed E-state index contributed by atoms with van der Waals surface area (Å²) in [6.07, 6.45) is 1.82. The Labute approximate surface area is 154 Å². The molecule has 0 radical (unpaired) electrons. The molecule has 2 aromatic carbocycles. The molecule has 1 N–H and O–H groups in total. The maximum atomic E-state index is 10.1. The number of phenolic OH excluding ortho intramolecular Hbond substituents is 1. The number of rotatable bonds is 7. The average molecular weight is 390 g/mol. The molecule has 2 aromatic rings. The van der Waals surface area contributed by atoms with Gasteiger partial charge in [0.05, 0.1) is 0 Å². The van der Waals surface area contributed by atoms with E-state index >= 15 is 0 Å². The van der Waals surface area contributed by atoms with Gasteiger partial charge in [-0.05, 0) is 69.9 Å². The molecule has 2 rings (SSSR count). The normalized spacial score (nSPS) is 13.0. The standard InChI is InChI=1S/C21H28BrNO/c1-15(2)23(16(3)4)20(17-8-6-5-7-9-17)12-10-18-14-19(22)11-13-21(18)24/h5-9,11,13-16,20,24H,10,12H2,1-4H3. The van der Waals surface area contributed by atoms with E-state index in [0.29, 0.717) is 23.9 Å². The maximum Gasteiger partial charge on any atom is 0.118 e. The highest BCUT2D eigenvalue weighted by Crippen LogP contribution is 2.32. The van der Waals surface area contributed by atoms with Crippen molar-refractivity contribution in [3.8, 4) is 5.75 Å². The van der Waals surface area contributed by atoms with Crippen molar-refractivity contribution in [2.75, 3.05) is 0 Å². The minimum absolute atomic E-state index is 0.338. The molecule has 0 spiro atoms. The number of halogens is 1. The number of hydrogen-bond acceptors (Lipinski definition) is 2. The van der Waals surface area contributed by atoms with Crippen LogP contribution < -0.4 is 0 Å². The van der Waals surface area contributed by atoms with E-state index < -0.39 is 0 Å². The number of aromatic hydroxyl groups is 1. The molecular formula is C21H28BrNO. The van der Waals surface area contributed by atoms with Crippen molar-refractivity contribution < 1.29 is 5.11 Å². The molecular weight excluding hydrogens is 362 g/mol. The summed E-state index contributed by atoms with van der Waals surface area (Å²) in [6.45, 7) is 9.03. The van der Waals surface area contributed by atoms with E-state index in [9.17, 15) is 5.11 Å². The Bertz CT molecular complexity index is 632. The minimum Gasteiger partial charge on any atom is -0.508 e. The van der Waals surface area contributed by atoms with Crippen LogP contribution in [-0.2, 0) is 6.42 Å². The monoisotopic (exact) mass is 389 g/mol. The highest BCUT2D eigenvalue weighted by molar-refractivity contribution is 9.10. The Kier molecular flexibility index (Phi) is 6.88. The van der Waals surface area contributed by atoms with Gasteiger partial charge in [0.1, 0.15) is 5.75 Å². The Morgan fingerprint density at radius 1 is 0.958 bits per heavy atom. The van der Waals surface area contributed by atoms with Crippen molar-refractivity contribution in [1.29, 1.82) is 0 Å². The lowest BCUT2D eigenvalue weighted by Gasteiger charge is -2.38. The first-order chi connectivity index (χ1) is 11.4. The van der Waals surface area contributed by atoms with E-state index in [1.807, 2.05) is 12.1 Å². The van der Waals surface area contributed by atoms with Gasteiger partial charge in [-0.15, -0.1) is 0 Å². The average Bonchev–Trinajstić information content (AvgIpc) is 2.54.